The Morgan fingerprint density at radius 2 is 1.91 bits per heavy atom. The van der Waals surface area contributed by atoms with Crippen molar-refractivity contribution >= 4 is 12.6 Å². The maximum Gasteiger partial charge on any atom is 0.140 e. The molecule has 0 unspecified atom stereocenters. The highest BCUT2D eigenvalue weighted by molar-refractivity contribution is 7.80. The van der Waals surface area contributed by atoms with E-state index in [-0.39, 0.29) is 6.61 Å². The fourth-order valence-electron chi connectivity index (χ4n) is 2.42. The highest BCUT2D eigenvalue weighted by Gasteiger charge is 2.28. The molecule has 116 valence electrons. The van der Waals surface area contributed by atoms with Gasteiger partial charge in [-0.25, -0.2) is 8.78 Å². The number of methoxy groups -OCH3 is 1. The van der Waals surface area contributed by atoms with Crippen molar-refractivity contribution in [3.8, 4) is 11.5 Å². The molecule has 1 aliphatic carbocycles. The van der Waals surface area contributed by atoms with E-state index >= 15 is 0 Å². The monoisotopic (exact) mass is 322 g/mol. The van der Waals surface area contributed by atoms with Gasteiger partial charge in [-0.1, -0.05) is 6.07 Å². The van der Waals surface area contributed by atoms with Crippen molar-refractivity contribution in [1.29, 1.82) is 0 Å². The van der Waals surface area contributed by atoms with Gasteiger partial charge in [-0.15, -0.1) is 12.6 Å². The summed E-state index contributed by atoms with van der Waals surface area (Å²) in [5, 5.41) is 0. The molecule has 2 nitrogen and oxygen atoms in total. The second kappa shape index (κ2) is 6.16. The van der Waals surface area contributed by atoms with Crippen LogP contribution in [-0.4, -0.2) is 7.11 Å². The molecule has 0 aliphatic heterocycles. The molecule has 2 aromatic rings. The Labute approximate surface area is 133 Å². The lowest BCUT2D eigenvalue weighted by molar-refractivity contribution is 0.285. The average Bonchev–Trinajstić information content (AvgIpc) is 3.33. The van der Waals surface area contributed by atoms with Crippen LogP contribution in [0.3, 0.4) is 0 Å². The Balaban J connectivity index is 1.87. The second-order valence-electron chi connectivity index (χ2n) is 5.33. The number of rotatable bonds is 5. The molecule has 1 saturated carbocycles. The summed E-state index contributed by atoms with van der Waals surface area (Å²) in [4.78, 5) is 0.303. The summed E-state index contributed by atoms with van der Waals surface area (Å²) in [6.07, 6.45) is 2.11. The first-order chi connectivity index (χ1) is 10.6. The normalized spacial score (nSPS) is 14.0. The minimum atomic E-state index is -0.441. The molecule has 0 amide bonds. The van der Waals surface area contributed by atoms with Gasteiger partial charge in [0, 0.05) is 11.0 Å². The predicted octanol–water partition coefficient (Wildman–Crippen LogP) is 4.72. The predicted molar refractivity (Wildman–Crippen MR) is 82.9 cm³/mol. The van der Waals surface area contributed by atoms with Gasteiger partial charge in [0.05, 0.1) is 12.7 Å². The highest BCUT2D eigenvalue weighted by atomic mass is 32.1. The Hall–Kier alpha value is -1.75. The molecule has 22 heavy (non-hydrogen) atoms. The van der Waals surface area contributed by atoms with Crippen molar-refractivity contribution in [3.63, 3.8) is 0 Å². The number of benzene rings is 2. The van der Waals surface area contributed by atoms with Crippen LogP contribution in [0.5, 0.6) is 11.5 Å². The molecule has 0 spiro atoms. The molecule has 1 fully saturated rings. The topological polar surface area (TPSA) is 18.5 Å². The molecular weight excluding hydrogens is 306 g/mol. The summed E-state index contributed by atoms with van der Waals surface area (Å²) in [7, 11) is 1.48. The SMILES string of the molecule is COc1cccc(F)c1COc1cc(F)c(S)cc1C1CC1. The van der Waals surface area contributed by atoms with Crippen LogP contribution in [0.25, 0.3) is 0 Å². The number of hydrogen-bond acceptors (Lipinski definition) is 3. The lowest BCUT2D eigenvalue weighted by Crippen LogP contribution is -2.03. The first-order valence-electron chi connectivity index (χ1n) is 7.06. The second-order valence-corrected chi connectivity index (χ2v) is 5.81. The molecule has 0 radical (unpaired) electrons. The van der Waals surface area contributed by atoms with Gasteiger partial charge in [0.1, 0.15) is 29.7 Å². The van der Waals surface area contributed by atoms with E-state index in [0.29, 0.717) is 27.9 Å². The van der Waals surface area contributed by atoms with E-state index in [0.717, 1.165) is 18.4 Å². The lowest BCUT2D eigenvalue weighted by atomic mass is 10.1. The number of thiol groups is 1. The first kappa shape index (κ1) is 15.2. The van der Waals surface area contributed by atoms with E-state index < -0.39 is 11.6 Å². The van der Waals surface area contributed by atoms with E-state index in [2.05, 4.69) is 12.6 Å². The quantitative estimate of drug-likeness (QED) is 0.803. The fourth-order valence-corrected chi connectivity index (χ4v) is 2.62. The molecule has 1 aliphatic rings. The standard InChI is InChI=1S/C17H16F2O2S/c1-20-15-4-2-3-13(18)12(15)9-21-16-8-14(19)17(22)7-11(16)10-5-6-10/h2-4,7-8,10,22H,5-6,9H2,1H3. The van der Waals surface area contributed by atoms with Gasteiger partial charge in [0.25, 0.3) is 0 Å². The van der Waals surface area contributed by atoms with Gasteiger partial charge in [0.2, 0.25) is 0 Å². The maximum atomic E-state index is 13.9. The minimum absolute atomic E-state index is 0.0130. The highest BCUT2D eigenvalue weighted by Crippen LogP contribution is 2.45. The van der Waals surface area contributed by atoms with Crippen LogP contribution in [-0.2, 0) is 6.61 Å². The van der Waals surface area contributed by atoms with Gasteiger partial charge >= 0.3 is 0 Å². The van der Waals surface area contributed by atoms with E-state index in [1.807, 2.05) is 0 Å². The van der Waals surface area contributed by atoms with E-state index in [1.54, 1.807) is 18.2 Å². The summed E-state index contributed by atoms with van der Waals surface area (Å²) in [6, 6.07) is 7.61. The first-order valence-corrected chi connectivity index (χ1v) is 7.51. The van der Waals surface area contributed by atoms with Gasteiger partial charge in [-0.2, -0.15) is 0 Å². The zero-order chi connectivity index (χ0) is 15.7. The van der Waals surface area contributed by atoms with Gasteiger partial charge in [-0.05, 0) is 42.5 Å². The molecule has 3 rings (SSSR count). The molecule has 0 atom stereocenters. The van der Waals surface area contributed by atoms with Crippen molar-refractivity contribution in [2.45, 2.75) is 30.3 Å². The third kappa shape index (κ3) is 3.04. The Bertz CT molecular complexity index is 699. The molecule has 5 heteroatoms. The van der Waals surface area contributed by atoms with Crippen LogP contribution in [0.15, 0.2) is 35.2 Å². The number of hydrogen-bond donors (Lipinski definition) is 1. The van der Waals surface area contributed by atoms with E-state index in [4.69, 9.17) is 9.47 Å². The zero-order valence-corrected chi connectivity index (χ0v) is 13.0. The zero-order valence-electron chi connectivity index (χ0n) is 12.1. The van der Waals surface area contributed by atoms with Crippen LogP contribution >= 0.6 is 12.6 Å². The summed E-state index contributed by atoms with van der Waals surface area (Å²) in [5.41, 5.74) is 1.25. The van der Waals surface area contributed by atoms with Crippen LogP contribution in [0.4, 0.5) is 8.78 Å². The Morgan fingerprint density at radius 1 is 1.14 bits per heavy atom. The van der Waals surface area contributed by atoms with Gasteiger partial charge in [-0.3, -0.25) is 0 Å². The van der Waals surface area contributed by atoms with Crippen molar-refractivity contribution in [2.75, 3.05) is 7.11 Å². The van der Waals surface area contributed by atoms with E-state index in [1.165, 1.54) is 19.2 Å². The summed E-state index contributed by atoms with van der Waals surface area (Å²) in [5.74, 6) is 0.397. The Kier molecular flexibility index (Phi) is 4.25. The van der Waals surface area contributed by atoms with Crippen LogP contribution in [0, 0.1) is 11.6 Å². The largest absolute Gasteiger partial charge is 0.496 e. The summed E-state index contributed by atoms with van der Waals surface area (Å²) < 4.78 is 38.5. The van der Waals surface area contributed by atoms with Crippen LogP contribution < -0.4 is 9.47 Å². The lowest BCUT2D eigenvalue weighted by Gasteiger charge is -2.14. The minimum Gasteiger partial charge on any atom is -0.496 e. The molecule has 0 heterocycles. The van der Waals surface area contributed by atoms with Gasteiger partial charge in [0.15, 0.2) is 0 Å². The van der Waals surface area contributed by atoms with Crippen molar-refractivity contribution < 1.29 is 18.3 Å². The fraction of sp³-hybridized carbons (Fsp3) is 0.294. The number of halogens is 2. The molecule has 0 aromatic heterocycles. The van der Waals surface area contributed by atoms with Crippen molar-refractivity contribution in [2.24, 2.45) is 0 Å². The average molecular weight is 322 g/mol. The van der Waals surface area contributed by atoms with Crippen LogP contribution in [0.2, 0.25) is 0 Å². The Morgan fingerprint density at radius 3 is 2.59 bits per heavy atom. The smallest absolute Gasteiger partial charge is 0.140 e. The summed E-state index contributed by atoms with van der Waals surface area (Å²) >= 11 is 4.11. The molecule has 0 N–H and O–H groups in total. The van der Waals surface area contributed by atoms with Crippen molar-refractivity contribution in [3.05, 3.63) is 53.1 Å². The van der Waals surface area contributed by atoms with Crippen LogP contribution in [0.1, 0.15) is 29.9 Å². The maximum absolute atomic E-state index is 13.9. The number of ether oxygens (including phenoxy) is 2. The van der Waals surface area contributed by atoms with Crippen molar-refractivity contribution in [1.82, 2.24) is 0 Å². The van der Waals surface area contributed by atoms with E-state index in [9.17, 15) is 8.78 Å². The van der Waals surface area contributed by atoms with Gasteiger partial charge < -0.3 is 9.47 Å². The molecule has 0 saturated heterocycles. The molecule has 2 aromatic carbocycles. The third-order valence-electron chi connectivity index (χ3n) is 3.76. The molecule has 0 bridgehead atoms. The molecular formula is C17H16F2O2S. The summed E-state index contributed by atoms with van der Waals surface area (Å²) in [6.45, 7) is -0.0130. The third-order valence-corrected chi connectivity index (χ3v) is 4.11.